The number of aliphatic carboxylic acids is 1. The van der Waals surface area contributed by atoms with Crippen LogP contribution in [0.25, 0.3) is 0 Å². The Kier molecular flexibility index (Phi) is 4.55. The summed E-state index contributed by atoms with van der Waals surface area (Å²) < 4.78 is 0. The number of nitrogens with zero attached hydrogens (tertiary/aromatic N) is 1. The minimum Gasteiger partial charge on any atom is -0.481 e. The van der Waals surface area contributed by atoms with Crippen molar-refractivity contribution in [1.29, 1.82) is 0 Å². The first kappa shape index (κ1) is 14.5. The Balaban J connectivity index is 2.53. The lowest BCUT2D eigenvalue weighted by atomic mass is 9.76. The molecule has 0 aromatic carbocycles. The van der Waals surface area contributed by atoms with Crippen LogP contribution in [-0.2, 0) is 4.79 Å². The predicted molar refractivity (Wildman–Crippen MR) is 66.9 cm³/mol. The van der Waals surface area contributed by atoms with E-state index in [9.17, 15) is 15.0 Å². The fourth-order valence-corrected chi connectivity index (χ4v) is 2.45. The summed E-state index contributed by atoms with van der Waals surface area (Å²) in [7, 11) is 0. The second-order valence-electron chi connectivity index (χ2n) is 5.57. The van der Waals surface area contributed by atoms with E-state index in [-0.39, 0.29) is 0 Å². The first-order valence-corrected chi connectivity index (χ1v) is 6.53. The maximum atomic E-state index is 11.3. The van der Waals surface area contributed by atoms with Crippen LogP contribution < -0.4 is 0 Å². The first-order valence-electron chi connectivity index (χ1n) is 6.53. The third-order valence-electron chi connectivity index (χ3n) is 4.27. The quantitative estimate of drug-likeness (QED) is 0.772. The van der Waals surface area contributed by atoms with Crippen LogP contribution in [0.4, 0.5) is 0 Å². The summed E-state index contributed by atoms with van der Waals surface area (Å²) in [5.41, 5.74) is -1.19. The smallest absolute Gasteiger partial charge is 0.309 e. The lowest BCUT2D eigenvalue weighted by molar-refractivity contribution is -0.152. The van der Waals surface area contributed by atoms with Crippen LogP contribution in [-0.4, -0.2) is 46.3 Å². The highest BCUT2D eigenvalue weighted by Gasteiger charge is 2.40. The Morgan fingerprint density at radius 2 is 1.88 bits per heavy atom. The first-order chi connectivity index (χ1) is 7.85. The highest BCUT2D eigenvalue weighted by Crippen LogP contribution is 2.35. The van der Waals surface area contributed by atoms with Crippen molar-refractivity contribution < 1.29 is 15.0 Å². The number of hydrogen-bond acceptors (Lipinski definition) is 3. The van der Waals surface area contributed by atoms with E-state index in [1.54, 1.807) is 0 Å². The molecule has 1 rings (SSSR count). The van der Waals surface area contributed by atoms with Crippen molar-refractivity contribution in [1.82, 2.24) is 4.90 Å². The maximum Gasteiger partial charge on any atom is 0.309 e. The third kappa shape index (κ3) is 3.42. The fraction of sp³-hybridized carbons (Fsp3) is 0.923. The molecule has 0 bridgehead atoms. The van der Waals surface area contributed by atoms with Crippen molar-refractivity contribution in [3.8, 4) is 0 Å². The normalized spacial score (nSPS) is 24.2. The van der Waals surface area contributed by atoms with Gasteiger partial charge in [-0.25, -0.2) is 0 Å². The summed E-state index contributed by atoms with van der Waals surface area (Å²) in [5.74, 6) is -0.665. The van der Waals surface area contributed by atoms with Gasteiger partial charge in [-0.2, -0.15) is 0 Å². The average molecular weight is 243 g/mol. The molecule has 1 saturated heterocycles. The van der Waals surface area contributed by atoms with Crippen LogP contribution in [0.15, 0.2) is 0 Å². The Labute approximate surface area is 104 Å². The number of hydrogen-bond donors (Lipinski definition) is 2. The number of likely N-dealkylation sites (tertiary alicyclic amines) is 1. The molecule has 1 unspecified atom stereocenters. The molecule has 1 fully saturated rings. The van der Waals surface area contributed by atoms with Crippen molar-refractivity contribution in [3.05, 3.63) is 0 Å². The number of piperidine rings is 1. The van der Waals surface area contributed by atoms with Crippen LogP contribution in [0.5, 0.6) is 0 Å². The molecule has 1 atom stereocenters. The molecule has 17 heavy (non-hydrogen) atoms. The zero-order valence-corrected chi connectivity index (χ0v) is 11.2. The van der Waals surface area contributed by atoms with Gasteiger partial charge in [0.25, 0.3) is 0 Å². The number of carbonyl (C=O) groups is 1. The van der Waals surface area contributed by atoms with Gasteiger partial charge in [0, 0.05) is 6.54 Å². The largest absolute Gasteiger partial charge is 0.481 e. The molecule has 0 radical (unpaired) electrons. The summed E-state index contributed by atoms with van der Waals surface area (Å²) in [5, 5.41) is 19.3. The average Bonchev–Trinajstić information content (AvgIpc) is 2.29. The Morgan fingerprint density at radius 1 is 1.35 bits per heavy atom. The topological polar surface area (TPSA) is 60.8 Å². The molecule has 100 valence electrons. The van der Waals surface area contributed by atoms with Gasteiger partial charge in [-0.1, -0.05) is 13.8 Å². The third-order valence-corrected chi connectivity index (χ3v) is 4.27. The molecule has 4 nitrogen and oxygen atoms in total. The van der Waals surface area contributed by atoms with Gasteiger partial charge in [-0.3, -0.25) is 4.79 Å². The van der Waals surface area contributed by atoms with Gasteiger partial charge >= 0.3 is 5.97 Å². The van der Waals surface area contributed by atoms with E-state index in [2.05, 4.69) is 4.90 Å². The number of aliphatic hydroxyl groups is 1. The summed E-state index contributed by atoms with van der Waals surface area (Å²) in [6.07, 6.45) is 2.80. The number of carboxylic acid groups (broad SMARTS) is 1. The SMILES string of the molecule is CCC(C)(O)CN1CCC(CC)(C(=O)O)CC1. The van der Waals surface area contributed by atoms with Gasteiger partial charge in [-0.05, 0) is 45.7 Å². The predicted octanol–water partition coefficient (Wildman–Crippen LogP) is 1.72. The van der Waals surface area contributed by atoms with E-state index in [4.69, 9.17) is 0 Å². The molecule has 4 heteroatoms. The fourth-order valence-electron chi connectivity index (χ4n) is 2.45. The molecule has 0 aliphatic carbocycles. The molecule has 1 aliphatic heterocycles. The van der Waals surface area contributed by atoms with E-state index in [0.717, 1.165) is 19.5 Å². The van der Waals surface area contributed by atoms with Gasteiger partial charge in [0.1, 0.15) is 0 Å². The Bertz CT molecular complexity index is 268. The van der Waals surface area contributed by atoms with E-state index in [1.165, 1.54) is 0 Å². The van der Waals surface area contributed by atoms with Crippen LogP contribution in [0.2, 0.25) is 0 Å². The van der Waals surface area contributed by atoms with Crippen molar-refractivity contribution in [3.63, 3.8) is 0 Å². The Hall–Kier alpha value is -0.610. The zero-order valence-electron chi connectivity index (χ0n) is 11.2. The summed E-state index contributed by atoms with van der Waals surface area (Å²) in [6, 6.07) is 0. The van der Waals surface area contributed by atoms with Crippen molar-refractivity contribution in [2.75, 3.05) is 19.6 Å². The van der Waals surface area contributed by atoms with E-state index in [0.29, 0.717) is 25.8 Å². The molecule has 0 aromatic heterocycles. The lowest BCUT2D eigenvalue weighted by Crippen LogP contribution is -2.48. The minimum atomic E-state index is -0.665. The van der Waals surface area contributed by atoms with E-state index < -0.39 is 17.0 Å². The summed E-state index contributed by atoms with van der Waals surface area (Å²) >= 11 is 0. The van der Waals surface area contributed by atoms with Crippen molar-refractivity contribution in [2.45, 2.75) is 52.1 Å². The van der Waals surface area contributed by atoms with Crippen LogP contribution in [0, 0.1) is 5.41 Å². The van der Waals surface area contributed by atoms with Crippen LogP contribution >= 0.6 is 0 Å². The molecular weight excluding hydrogens is 218 g/mol. The molecular formula is C13H25NO3. The van der Waals surface area contributed by atoms with Crippen LogP contribution in [0.3, 0.4) is 0 Å². The molecule has 2 N–H and O–H groups in total. The van der Waals surface area contributed by atoms with E-state index >= 15 is 0 Å². The second kappa shape index (κ2) is 5.36. The monoisotopic (exact) mass is 243 g/mol. The molecule has 0 saturated carbocycles. The van der Waals surface area contributed by atoms with E-state index in [1.807, 2.05) is 20.8 Å². The van der Waals surface area contributed by atoms with Gasteiger partial charge < -0.3 is 15.1 Å². The van der Waals surface area contributed by atoms with Gasteiger partial charge in [0.15, 0.2) is 0 Å². The highest BCUT2D eigenvalue weighted by molar-refractivity contribution is 5.74. The number of β-amino-alcohol motifs (C(OH)–C–C–N with tert-alkyl or cyclic N) is 1. The van der Waals surface area contributed by atoms with Crippen molar-refractivity contribution in [2.24, 2.45) is 5.41 Å². The van der Waals surface area contributed by atoms with Crippen molar-refractivity contribution >= 4 is 5.97 Å². The van der Waals surface area contributed by atoms with Gasteiger partial charge in [0.05, 0.1) is 11.0 Å². The molecule has 1 heterocycles. The Morgan fingerprint density at radius 3 is 2.24 bits per heavy atom. The van der Waals surface area contributed by atoms with Gasteiger partial charge in [0.2, 0.25) is 0 Å². The number of rotatable bonds is 5. The summed E-state index contributed by atoms with van der Waals surface area (Å²) in [4.78, 5) is 13.5. The lowest BCUT2D eigenvalue weighted by Gasteiger charge is -2.40. The molecule has 0 amide bonds. The standard InChI is InChI=1S/C13H25NO3/c1-4-12(3,17)10-14-8-6-13(5-2,7-9-14)11(15)16/h17H,4-10H2,1-3H3,(H,15,16). The highest BCUT2D eigenvalue weighted by atomic mass is 16.4. The second-order valence-corrected chi connectivity index (χ2v) is 5.57. The molecule has 1 aliphatic rings. The van der Waals surface area contributed by atoms with Gasteiger partial charge in [-0.15, -0.1) is 0 Å². The zero-order chi connectivity index (χ0) is 13.1. The van der Waals surface area contributed by atoms with Crippen LogP contribution in [0.1, 0.15) is 46.5 Å². The summed E-state index contributed by atoms with van der Waals surface area (Å²) in [6.45, 7) is 7.95. The molecule has 0 spiro atoms. The number of carboxylic acids is 1. The minimum absolute atomic E-state index is 0.533. The molecule has 0 aromatic rings. The maximum absolute atomic E-state index is 11.3.